The Balaban J connectivity index is 2.21. The molecule has 82 valence electrons. The molecule has 0 aromatic heterocycles. The maximum atomic E-state index is 5.75. The average molecular weight is 205 g/mol. The number of hydrogen-bond donors (Lipinski definition) is 1. The van der Waals surface area contributed by atoms with Crippen LogP contribution in [0.1, 0.15) is 37.4 Å². The summed E-state index contributed by atoms with van der Waals surface area (Å²) in [6, 6.07) is 8.91. The van der Waals surface area contributed by atoms with Crippen molar-refractivity contribution in [1.82, 2.24) is 5.32 Å². The Morgan fingerprint density at radius 2 is 2.20 bits per heavy atom. The summed E-state index contributed by atoms with van der Waals surface area (Å²) in [5, 5.41) is 3.55. The molecular formula is C13H19NO. The molecular weight excluding hydrogens is 186 g/mol. The molecule has 0 bridgehead atoms. The number of fused-ring (bicyclic) bond motifs is 1. The first-order valence-electron chi connectivity index (χ1n) is 5.75. The maximum absolute atomic E-state index is 5.75. The van der Waals surface area contributed by atoms with Crippen LogP contribution in [-0.2, 0) is 11.3 Å². The van der Waals surface area contributed by atoms with E-state index in [0.29, 0.717) is 6.04 Å². The van der Waals surface area contributed by atoms with Crippen molar-refractivity contribution < 1.29 is 4.74 Å². The second-order valence-electron chi connectivity index (χ2n) is 4.15. The SMILES string of the molecule is CCCNC1c2ccccc2CO[C@@H]1C. The minimum absolute atomic E-state index is 0.270. The van der Waals surface area contributed by atoms with Crippen LogP contribution >= 0.6 is 0 Å². The molecule has 1 aromatic rings. The fraction of sp³-hybridized carbons (Fsp3) is 0.538. The second kappa shape index (κ2) is 4.77. The zero-order chi connectivity index (χ0) is 10.7. The van der Waals surface area contributed by atoms with Crippen LogP contribution < -0.4 is 5.32 Å². The van der Waals surface area contributed by atoms with Gasteiger partial charge in [0.15, 0.2) is 0 Å². The number of nitrogens with one attached hydrogen (secondary N) is 1. The summed E-state index contributed by atoms with van der Waals surface area (Å²) >= 11 is 0. The van der Waals surface area contributed by atoms with Gasteiger partial charge in [-0.1, -0.05) is 31.2 Å². The van der Waals surface area contributed by atoms with Crippen LogP contribution in [0.15, 0.2) is 24.3 Å². The summed E-state index contributed by atoms with van der Waals surface area (Å²) in [7, 11) is 0. The molecule has 1 N–H and O–H groups in total. The van der Waals surface area contributed by atoms with Gasteiger partial charge >= 0.3 is 0 Å². The van der Waals surface area contributed by atoms with E-state index in [1.165, 1.54) is 11.1 Å². The maximum Gasteiger partial charge on any atom is 0.0746 e. The summed E-state index contributed by atoms with van der Waals surface area (Å²) in [6.07, 6.45) is 1.43. The van der Waals surface area contributed by atoms with Crippen LogP contribution in [-0.4, -0.2) is 12.6 Å². The van der Waals surface area contributed by atoms with E-state index in [0.717, 1.165) is 19.6 Å². The van der Waals surface area contributed by atoms with E-state index in [1.807, 2.05) is 0 Å². The number of benzene rings is 1. The summed E-state index contributed by atoms with van der Waals surface area (Å²) in [6.45, 7) is 6.13. The van der Waals surface area contributed by atoms with Crippen molar-refractivity contribution in [3.63, 3.8) is 0 Å². The Morgan fingerprint density at radius 1 is 1.40 bits per heavy atom. The molecule has 1 aliphatic heterocycles. The molecule has 1 heterocycles. The summed E-state index contributed by atoms with van der Waals surface area (Å²) in [5.74, 6) is 0. The van der Waals surface area contributed by atoms with Crippen molar-refractivity contribution in [1.29, 1.82) is 0 Å². The largest absolute Gasteiger partial charge is 0.372 e. The van der Waals surface area contributed by atoms with Crippen LogP contribution in [0, 0.1) is 0 Å². The predicted molar refractivity (Wildman–Crippen MR) is 61.7 cm³/mol. The van der Waals surface area contributed by atoms with Gasteiger partial charge in [0.1, 0.15) is 0 Å². The van der Waals surface area contributed by atoms with Gasteiger partial charge in [0.2, 0.25) is 0 Å². The van der Waals surface area contributed by atoms with E-state index >= 15 is 0 Å². The molecule has 0 saturated heterocycles. The molecule has 0 radical (unpaired) electrons. The lowest BCUT2D eigenvalue weighted by atomic mass is 9.94. The lowest BCUT2D eigenvalue weighted by Gasteiger charge is -2.32. The van der Waals surface area contributed by atoms with Gasteiger partial charge in [0, 0.05) is 0 Å². The van der Waals surface area contributed by atoms with Crippen LogP contribution in [0.25, 0.3) is 0 Å². The van der Waals surface area contributed by atoms with Gasteiger partial charge in [-0.15, -0.1) is 0 Å². The molecule has 15 heavy (non-hydrogen) atoms. The molecule has 1 unspecified atom stereocenters. The molecule has 1 aromatic carbocycles. The van der Waals surface area contributed by atoms with Crippen molar-refractivity contribution in [2.75, 3.05) is 6.54 Å². The average Bonchev–Trinajstić information content (AvgIpc) is 2.28. The van der Waals surface area contributed by atoms with Crippen LogP contribution in [0.3, 0.4) is 0 Å². The summed E-state index contributed by atoms with van der Waals surface area (Å²) in [5.41, 5.74) is 2.73. The lowest BCUT2D eigenvalue weighted by Crippen LogP contribution is -2.36. The van der Waals surface area contributed by atoms with E-state index in [9.17, 15) is 0 Å². The van der Waals surface area contributed by atoms with Gasteiger partial charge in [0.05, 0.1) is 18.8 Å². The van der Waals surface area contributed by atoms with Crippen molar-refractivity contribution in [3.05, 3.63) is 35.4 Å². The molecule has 1 aliphatic rings. The highest BCUT2D eigenvalue weighted by atomic mass is 16.5. The van der Waals surface area contributed by atoms with Crippen LogP contribution in [0.4, 0.5) is 0 Å². The highest BCUT2D eigenvalue weighted by Gasteiger charge is 2.25. The third-order valence-electron chi connectivity index (χ3n) is 2.98. The fourth-order valence-electron chi connectivity index (χ4n) is 2.12. The Kier molecular flexibility index (Phi) is 3.39. The third-order valence-corrected chi connectivity index (χ3v) is 2.98. The van der Waals surface area contributed by atoms with Gasteiger partial charge in [-0.05, 0) is 31.0 Å². The predicted octanol–water partition coefficient (Wildman–Crippen LogP) is 2.65. The molecule has 2 nitrogen and oxygen atoms in total. The first-order valence-corrected chi connectivity index (χ1v) is 5.75. The zero-order valence-electron chi connectivity index (χ0n) is 9.49. The lowest BCUT2D eigenvalue weighted by molar-refractivity contribution is 0.0116. The molecule has 2 rings (SSSR count). The van der Waals surface area contributed by atoms with Crippen molar-refractivity contribution >= 4 is 0 Å². The third kappa shape index (κ3) is 2.21. The van der Waals surface area contributed by atoms with Gasteiger partial charge < -0.3 is 10.1 Å². The molecule has 0 aliphatic carbocycles. The Labute approximate surface area is 91.6 Å². The van der Waals surface area contributed by atoms with Gasteiger partial charge in [-0.25, -0.2) is 0 Å². The minimum Gasteiger partial charge on any atom is -0.372 e. The smallest absolute Gasteiger partial charge is 0.0746 e. The normalized spacial score (nSPS) is 24.9. The van der Waals surface area contributed by atoms with Crippen LogP contribution in [0.5, 0.6) is 0 Å². The highest BCUT2D eigenvalue weighted by molar-refractivity contribution is 5.31. The van der Waals surface area contributed by atoms with Crippen molar-refractivity contribution in [3.8, 4) is 0 Å². The summed E-state index contributed by atoms with van der Waals surface area (Å²) in [4.78, 5) is 0. The quantitative estimate of drug-likeness (QED) is 0.819. The number of hydrogen-bond acceptors (Lipinski definition) is 2. The monoisotopic (exact) mass is 205 g/mol. The topological polar surface area (TPSA) is 21.3 Å². The van der Waals surface area contributed by atoms with Gasteiger partial charge in [-0.2, -0.15) is 0 Å². The van der Waals surface area contributed by atoms with E-state index in [4.69, 9.17) is 4.74 Å². The molecule has 0 fully saturated rings. The minimum atomic E-state index is 0.270. The Morgan fingerprint density at radius 3 is 3.00 bits per heavy atom. The molecule has 2 atom stereocenters. The van der Waals surface area contributed by atoms with Gasteiger partial charge in [0.25, 0.3) is 0 Å². The standard InChI is InChI=1S/C13H19NO/c1-3-8-14-13-10(2)15-9-11-6-4-5-7-12(11)13/h4-7,10,13-14H,3,8-9H2,1-2H3/t10-,13?/m1/s1. The Hall–Kier alpha value is -0.860. The highest BCUT2D eigenvalue weighted by Crippen LogP contribution is 2.28. The molecule has 0 spiro atoms. The van der Waals surface area contributed by atoms with Crippen molar-refractivity contribution in [2.24, 2.45) is 0 Å². The van der Waals surface area contributed by atoms with E-state index in [1.54, 1.807) is 0 Å². The fourth-order valence-corrected chi connectivity index (χ4v) is 2.12. The molecule has 0 saturated carbocycles. The molecule has 2 heteroatoms. The van der Waals surface area contributed by atoms with Gasteiger partial charge in [-0.3, -0.25) is 0 Å². The first-order chi connectivity index (χ1) is 7.33. The van der Waals surface area contributed by atoms with Crippen LogP contribution in [0.2, 0.25) is 0 Å². The second-order valence-corrected chi connectivity index (χ2v) is 4.15. The molecule has 0 amide bonds. The summed E-state index contributed by atoms with van der Waals surface area (Å²) < 4.78 is 5.75. The zero-order valence-corrected chi connectivity index (χ0v) is 9.49. The number of ether oxygens (including phenoxy) is 1. The number of rotatable bonds is 3. The Bertz CT molecular complexity index is 324. The van der Waals surface area contributed by atoms with E-state index < -0.39 is 0 Å². The van der Waals surface area contributed by atoms with E-state index in [-0.39, 0.29) is 6.10 Å². The first kappa shape index (κ1) is 10.7. The van der Waals surface area contributed by atoms with E-state index in [2.05, 4.69) is 43.4 Å². The van der Waals surface area contributed by atoms with Crippen molar-refractivity contribution in [2.45, 2.75) is 39.0 Å².